The van der Waals surface area contributed by atoms with Crippen LogP contribution in [0.1, 0.15) is 27.5 Å². The van der Waals surface area contributed by atoms with Crippen molar-refractivity contribution in [2.45, 2.75) is 13.0 Å². The summed E-state index contributed by atoms with van der Waals surface area (Å²) in [5.74, 6) is -0.0239. The van der Waals surface area contributed by atoms with E-state index in [1.165, 1.54) is 5.56 Å². The highest BCUT2D eigenvalue weighted by Gasteiger charge is 2.23. The van der Waals surface area contributed by atoms with E-state index in [2.05, 4.69) is 22.3 Å². The molecular formula is C20H24N2O2. The average Bonchev–Trinajstić information content (AvgIpc) is 2.64. The molecule has 126 valence electrons. The number of nitrogens with one attached hydrogen (secondary N) is 1. The van der Waals surface area contributed by atoms with Gasteiger partial charge in [0.05, 0.1) is 19.3 Å². The third-order valence-electron chi connectivity index (χ3n) is 4.44. The van der Waals surface area contributed by atoms with E-state index in [1.54, 1.807) is 0 Å². The van der Waals surface area contributed by atoms with Crippen molar-refractivity contribution >= 4 is 5.91 Å². The Hall–Kier alpha value is -2.17. The summed E-state index contributed by atoms with van der Waals surface area (Å²) in [6.45, 7) is 5.88. The topological polar surface area (TPSA) is 41.6 Å². The van der Waals surface area contributed by atoms with E-state index in [4.69, 9.17) is 4.74 Å². The van der Waals surface area contributed by atoms with Gasteiger partial charge in [-0.2, -0.15) is 0 Å². The Balaban J connectivity index is 1.69. The normalized spacial score (nSPS) is 16.5. The summed E-state index contributed by atoms with van der Waals surface area (Å²) in [4.78, 5) is 14.8. The Morgan fingerprint density at radius 2 is 1.75 bits per heavy atom. The molecule has 0 radical (unpaired) electrons. The van der Waals surface area contributed by atoms with Crippen molar-refractivity contribution in [3.8, 4) is 0 Å². The van der Waals surface area contributed by atoms with Gasteiger partial charge in [0, 0.05) is 25.2 Å². The molecule has 2 aromatic carbocycles. The highest BCUT2D eigenvalue weighted by molar-refractivity contribution is 5.94. The molecule has 0 aliphatic carbocycles. The molecule has 1 atom stereocenters. The summed E-state index contributed by atoms with van der Waals surface area (Å²) in [5, 5.41) is 3.09. The zero-order valence-corrected chi connectivity index (χ0v) is 14.1. The fourth-order valence-corrected chi connectivity index (χ4v) is 3.02. The lowest BCUT2D eigenvalue weighted by Crippen LogP contribution is -2.43. The fraction of sp³-hybridized carbons (Fsp3) is 0.350. The summed E-state index contributed by atoms with van der Waals surface area (Å²) >= 11 is 0. The Kier molecular flexibility index (Phi) is 5.62. The Morgan fingerprint density at radius 1 is 1.08 bits per heavy atom. The van der Waals surface area contributed by atoms with E-state index in [9.17, 15) is 4.79 Å². The lowest BCUT2D eigenvalue weighted by molar-refractivity contribution is 0.0162. The molecule has 0 saturated carbocycles. The second kappa shape index (κ2) is 8.08. The zero-order valence-electron chi connectivity index (χ0n) is 14.1. The van der Waals surface area contributed by atoms with Gasteiger partial charge in [0.25, 0.3) is 5.91 Å². The minimum Gasteiger partial charge on any atom is -0.379 e. The number of hydrogen-bond donors (Lipinski definition) is 1. The highest BCUT2D eigenvalue weighted by atomic mass is 16.5. The van der Waals surface area contributed by atoms with Crippen LogP contribution >= 0.6 is 0 Å². The standard InChI is InChI=1S/C20H24N2O2/c1-16-7-9-18(10-8-16)20(23)21-15-19(17-5-3-2-4-6-17)22-11-13-24-14-12-22/h2-10,19H,11-15H2,1H3,(H,21,23)/t19-/m0/s1. The molecule has 2 aromatic rings. The summed E-state index contributed by atoms with van der Waals surface area (Å²) in [7, 11) is 0. The first-order valence-electron chi connectivity index (χ1n) is 8.45. The van der Waals surface area contributed by atoms with Crippen LogP contribution in [-0.2, 0) is 4.74 Å². The van der Waals surface area contributed by atoms with Crippen LogP contribution in [0.2, 0.25) is 0 Å². The molecule has 1 aliphatic heterocycles. The van der Waals surface area contributed by atoms with E-state index >= 15 is 0 Å². The molecule has 1 fully saturated rings. The minimum atomic E-state index is -0.0239. The molecule has 0 spiro atoms. The molecule has 1 aliphatic rings. The molecule has 1 N–H and O–H groups in total. The number of hydrogen-bond acceptors (Lipinski definition) is 3. The van der Waals surface area contributed by atoms with Crippen LogP contribution in [0.5, 0.6) is 0 Å². The van der Waals surface area contributed by atoms with E-state index < -0.39 is 0 Å². The van der Waals surface area contributed by atoms with Gasteiger partial charge < -0.3 is 10.1 Å². The second-order valence-corrected chi connectivity index (χ2v) is 6.15. The fourth-order valence-electron chi connectivity index (χ4n) is 3.02. The van der Waals surface area contributed by atoms with Crippen molar-refractivity contribution in [3.63, 3.8) is 0 Å². The van der Waals surface area contributed by atoms with Crippen LogP contribution in [0.3, 0.4) is 0 Å². The molecule has 3 rings (SSSR count). The van der Waals surface area contributed by atoms with Gasteiger partial charge in [-0.15, -0.1) is 0 Å². The van der Waals surface area contributed by atoms with Gasteiger partial charge in [0.15, 0.2) is 0 Å². The molecular weight excluding hydrogens is 300 g/mol. The maximum atomic E-state index is 12.4. The number of carbonyl (C=O) groups is 1. The molecule has 0 bridgehead atoms. The molecule has 1 saturated heterocycles. The maximum Gasteiger partial charge on any atom is 0.251 e. The predicted octanol–water partition coefficient (Wildman–Crippen LogP) is 2.80. The van der Waals surface area contributed by atoms with Gasteiger partial charge >= 0.3 is 0 Å². The van der Waals surface area contributed by atoms with Gasteiger partial charge in [-0.25, -0.2) is 0 Å². The highest BCUT2D eigenvalue weighted by Crippen LogP contribution is 2.21. The van der Waals surface area contributed by atoms with Crippen LogP contribution in [0.25, 0.3) is 0 Å². The van der Waals surface area contributed by atoms with Gasteiger partial charge in [-0.1, -0.05) is 48.0 Å². The number of morpholine rings is 1. The molecule has 0 unspecified atom stereocenters. The van der Waals surface area contributed by atoms with Gasteiger partial charge in [-0.05, 0) is 24.6 Å². The summed E-state index contributed by atoms with van der Waals surface area (Å²) < 4.78 is 5.46. The Bertz CT molecular complexity index is 649. The quantitative estimate of drug-likeness (QED) is 0.919. The van der Waals surface area contributed by atoms with E-state index in [0.29, 0.717) is 12.1 Å². The van der Waals surface area contributed by atoms with Gasteiger partial charge in [0.1, 0.15) is 0 Å². The smallest absolute Gasteiger partial charge is 0.251 e. The number of nitrogens with zero attached hydrogens (tertiary/aromatic N) is 1. The molecule has 1 heterocycles. The predicted molar refractivity (Wildman–Crippen MR) is 95.1 cm³/mol. The Morgan fingerprint density at radius 3 is 2.42 bits per heavy atom. The van der Waals surface area contributed by atoms with Crippen molar-refractivity contribution in [1.29, 1.82) is 0 Å². The lowest BCUT2D eigenvalue weighted by Gasteiger charge is -2.35. The maximum absolute atomic E-state index is 12.4. The van der Waals surface area contributed by atoms with Crippen LogP contribution < -0.4 is 5.32 Å². The molecule has 24 heavy (non-hydrogen) atoms. The van der Waals surface area contributed by atoms with Gasteiger partial charge in [-0.3, -0.25) is 9.69 Å². The molecule has 4 nitrogen and oxygen atoms in total. The Labute approximate surface area is 143 Å². The first-order chi connectivity index (χ1) is 11.7. The van der Waals surface area contributed by atoms with E-state index in [0.717, 1.165) is 31.9 Å². The average molecular weight is 324 g/mol. The number of aryl methyl sites for hydroxylation is 1. The first-order valence-corrected chi connectivity index (χ1v) is 8.45. The molecule has 0 aromatic heterocycles. The van der Waals surface area contributed by atoms with Crippen molar-refractivity contribution < 1.29 is 9.53 Å². The van der Waals surface area contributed by atoms with E-state index in [1.807, 2.05) is 49.4 Å². The number of rotatable bonds is 5. The van der Waals surface area contributed by atoms with Crippen molar-refractivity contribution in [1.82, 2.24) is 10.2 Å². The number of carbonyl (C=O) groups excluding carboxylic acids is 1. The van der Waals surface area contributed by atoms with Crippen LogP contribution in [0, 0.1) is 6.92 Å². The van der Waals surface area contributed by atoms with Crippen molar-refractivity contribution in [3.05, 3.63) is 71.3 Å². The third kappa shape index (κ3) is 4.22. The van der Waals surface area contributed by atoms with Crippen LogP contribution in [0.4, 0.5) is 0 Å². The van der Waals surface area contributed by atoms with Crippen molar-refractivity contribution in [2.24, 2.45) is 0 Å². The largest absolute Gasteiger partial charge is 0.379 e. The molecule has 4 heteroatoms. The number of ether oxygens (including phenoxy) is 1. The molecule has 1 amide bonds. The summed E-state index contributed by atoms with van der Waals surface area (Å²) in [6.07, 6.45) is 0. The van der Waals surface area contributed by atoms with Crippen LogP contribution in [-0.4, -0.2) is 43.7 Å². The zero-order chi connectivity index (χ0) is 16.8. The second-order valence-electron chi connectivity index (χ2n) is 6.15. The monoisotopic (exact) mass is 324 g/mol. The SMILES string of the molecule is Cc1ccc(C(=O)NC[C@@H](c2ccccc2)N2CCOCC2)cc1. The van der Waals surface area contributed by atoms with Gasteiger partial charge in [0.2, 0.25) is 0 Å². The lowest BCUT2D eigenvalue weighted by atomic mass is 10.0. The third-order valence-corrected chi connectivity index (χ3v) is 4.44. The number of amides is 1. The summed E-state index contributed by atoms with van der Waals surface area (Å²) in [5.41, 5.74) is 3.08. The first kappa shape index (κ1) is 16.7. The van der Waals surface area contributed by atoms with E-state index in [-0.39, 0.29) is 11.9 Å². The minimum absolute atomic E-state index is 0.0239. The van der Waals surface area contributed by atoms with Crippen molar-refractivity contribution in [2.75, 3.05) is 32.8 Å². The van der Waals surface area contributed by atoms with Crippen LogP contribution in [0.15, 0.2) is 54.6 Å². The number of benzene rings is 2. The summed E-state index contributed by atoms with van der Waals surface area (Å²) in [6, 6.07) is 18.2.